The molecule has 1 N–H and O–H groups in total. The second-order valence-corrected chi connectivity index (χ2v) is 4.19. The van der Waals surface area contributed by atoms with Crippen LogP contribution in [-0.4, -0.2) is 13.0 Å². The van der Waals surface area contributed by atoms with Crippen LogP contribution < -0.4 is 10.1 Å². The summed E-state index contributed by atoms with van der Waals surface area (Å²) < 4.78 is 18.3. The monoisotopic (exact) mass is 253 g/mol. The van der Waals surface area contributed by atoms with Gasteiger partial charge in [-0.2, -0.15) is 0 Å². The van der Waals surface area contributed by atoms with Crippen LogP contribution in [0.3, 0.4) is 0 Å². The molecule has 1 amide bonds. The van der Waals surface area contributed by atoms with Crippen molar-refractivity contribution in [2.24, 2.45) is 5.92 Å². The molecule has 0 saturated heterocycles. The molecule has 0 spiro atoms. The maximum atomic E-state index is 13.1. The molecular formula is C14H20FNO2. The average Bonchev–Trinajstić information content (AvgIpc) is 2.38. The molecular weight excluding hydrogens is 233 g/mol. The summed E-state index contributed by atoms with van der Waals surface area (Å²) in [4.78, 5) is 11.8. The average molecular weight is 253 g/mol. The Morgan fingerprint density at radius 3 is 2.61 bits per heavy atom. The van der Waals surface area contributed by atoms with Crippen LogP contribution >= 0.6 is 0 Å². The first kappa shape index (κ1) is 14.5. The van der Waals surface area contributed by atoms with Gasteiger partial charge in [0.15, 0.2) is 0 Å². The lowest BCUT2D eigenvalue weighted by atomic mass is 10.0. The van der Waals surface area contributed by atoms with Crippen molar-refractivity contribution in [3.8, 4) is 5.75 Å². The van der Waals surface area contributed by atoms with Crippen LogP contribution in [0.1, 0.15) is 32.3 Å². The van der Waals surface area contributed by atoms with Crippen LogP contribution in [-0.2, 0) is 11.3 Å². The Hall–Kier alpha value is -1.58. The van der Waals surface area contributed by atoms with E-state index in [1.54, 1.807) is 6.07 Å². The summed E-state index contributed by atoms with van der Waals surface area (Å²) in [5, 5.41) is 2.82. The van der Waals surface area contributed by atoms with E-state index in [9.17, 15) is 9.18 Å². The van der Waals surface area contributed by atoms with Crippen LogP contribution in [0.15, 0.2) is 18.2 Å². The van der Waals surface area contributed by atoms with E-state index in [-0.39, 0.29) is 24.2 Å². The van der Waals surface area contributed by atoms with E-state index in [2.05, 4.69) is 5.32 Å². The summed E-state index contributed by atoms with van der Waals surface area (Å²) in [6.45, 7) is 4.25. The Bertz CT molecular complexity index is 403. The van der Waals surface area contributed by atoms with Crippen molar-refractivity contribution in [1.82, 2.24) is 5.32 Å². The Balaban J connectivity index is 2.68. The fourth-order valence-corrected chi connectivity index (χ4v) is 1.87. The number of rotatable bonds is 6. The highest BCUT2D eigenvalue weighted by Crippen LogP contribution is 2.19. The number of halogens is 1. The second kappa shape index (κ2) is 6.99. The summed E-state index contributed by atoms with van der Waals surface area (Å²) in [5.74, 6) is 0.277. The van der Waals surface area contributed by atoms with Crippen LogP contribution in [0.2, 0.25) is 0 Å². The predicted molar refractivity (Wildman–Crippen MR) is 68.9 cm³/mol. The molecule has 0 fully saturated rings. The number of benzene rings is 1. The van der Waals surface area contributed by atoms with Crippen molar-refractivity contribution in [3.63, 3.8) is 0 Å². The highest BCUT2D eigenvalue weighted by molar-refractivity contribution is 5.78. The fourth-order valence-electron chi connectivity index (χ4n) is 1.87. The van der Waals surface area contributed by atoms with Crippen molar-refractivity contribution >= 4 is 5.91 Å². The molecule has 1 aromatic rings. The number of nitrogens with one attached hydrogen (secondary N) is 1. The quantitative estimate of drug-likeness (QED) is 0.846. The molecule has 0 aromatic heterocycles. The smallest absolute Gasteiger partial charge is 0.223 e. The fraction of sp³-hybridized carbons (Fsp3) is 0.500. The third kappa shape index (κ3) is 3.72. The Morgan fingerprint density at radius 2 is 2.06 bits per heavy atom. The minimum Gasteiger partial charge on any atom is -0.496 e. The zero-order chi connectivity index (χ0) is 13.5. The maximum absolute atomic E-state index is 13.1. The van der Waals surface area contributed by atoms with E-state index in [1.165, 1.54) is 19.2 Å². The zero-order valence-corrected chi connectivity index (χ0v) is 11.1. The zero-order valence-electron chi connectivity index (χ0n) is 11.1. The standard InChI is InChI=1S/C14H20FNO2/c1-4-10(5-2)14(17)16-9-11-8-12(15)6-7-13(11)18-3/h6-8,10H,4-5,9H2,1-3H3,(H,16,17). The number of ether oxygens (including phenoxy) is 1. The molecule has 100 valence electrons. The number of amides is 1. The third-order valence-corrected chi connectivity index (χ3v) is 3.05. The molecule has 1 aromatic carbocycles. The van der Waals surface area contributed by atoms with Gasteiger partial charge in [0.25, 0.3) is 0 Å². The van der Waals surface area contributed by atoms with E-state index >= 15 is 0 Å². The van der Waals surface area contributed by atoms with E-state index in [0.29, 0.717) is 11.3 Å². The molecule has 0 aliphatic heterocycles. The van der Waals surface area contributed by atoms with Gasteiger partial charge >= 0.3 is 0 Å². The van der Waals surface area contributed by atoms with Crippen LogP contribution in [0.4, 0.5) is 4.39 Å². The highest BCUT2D eigenvalue weighted by atomic mass is 19.1. The number of hydrogen-bond donors (Lipinski definition) is 1. The van der Waals surface area contributed by atoms with Gasteiger partial charge in [-0.3, -0.25) is 4.79 Å². The van der Waals surface area contributed by atoms with Crippen LogP contribution in [0.5, 0.6) is 5.75 Å². The van der Waals surface area contributed by atoms with Crippen LogP contribution in [0.25, 0.3) is 0 Å². The SMILES string of the molecule is CCC(CC)C(=O)NCc1cc(F)ccc1OC. The van der Waals surface area contributed by atoms with Crippen molar-refractivity contribution in [2.75, 3.05) is 7.11 Å². The van der Waals surface area contributed by atoms with Gasteiger partial charge in [0.2, 0.25) is 5.91 Å². The van der Waals surface area contributed by atoms with E-state index in [4.69, 9.17) is 4.74 Å². The molecule has 0 aliphatic rings. The van der Waals surface area contributed by atoms with Gasteiger partial charge in [0, 0.05) is 18.0 Å². The van der Waals surface area contributed by atoms with Gasteiger partial charge < -0.3 is 10.1 Å². The molecule has 18 heavy (non-hydrogen) atoms. The summed E-state index contributed by atoms with van der Waals surface area (Å²) in [7, 11) is 1.53. The summed E-state index contributed by atoms with van der Waals surface area (Å²) >= 11 is 0. The second-order valence-electron chi connectivity index (χ2n) is 4.19. The first-order chi connectivity index (χ1) is 8.62. The summed E-state index contributed by atoms with van der Waals surface area (Å²) in [6.07, 6.45) is 1.62. The molecule has 0 bridgehead atoms. The minimum absolute atomic E-state index is 0.00585. The summed E-state index contributed by atoms with van der Waals surface area (Å²) in [6, 6.07) is 4.28. The van der Waals surface area contributed by atoms with Crippen LogP contribution in [0, 0.1) is 11.7 Å². The molecule has 1 rings (SSSR count). The lowest BCUT2D eigenvalue weighted by Gasteiger charge is -2.14. The summed E-state index contributed by atoms with van der Waals surface area (Å²) in [5.41, 5.74) is 0.650. The van der Waals surface area contributed by atoms with Crippen molar-refractivity contribution in [2.45, 2.75) is 33.2 Å². The van der Waals surface area contributed by atoms with Gasteiger partial charge in [0.05, 0.1) is 7.11 Å². The first-order valence-electron chi connectivity index (χ1n) is 6.22. The molecule has 0 atom stereocenters. The van der Waals surface area contributed by atoms with Gasteiger partial charge in [0.1, 0.15) is 11.6 Å². The largest absolute Gasteiger partial charge is 0.496 e. The first-order valence-corrected chi connectivity index (χ1v) is 6.22. The van der Waals surface area contributed by atoms with Crippen molar-refractivity contribution in [3.05, 3.63) is 29.6 Å². The number of hydrogen-bond acceptors (Lipinski definition) is 2. The lowest BCUT2D eigenvalue weighted by Crippen LogP contribution is -2.29. The van der Waals surface area contributed by atoms with Gasteiger partial charge in [-0.15, -0.1) is 0 Å². The van der Waals surface area contributed by atoms with Gasteiger partial charge in [-0.1, -0.05) is 13.8 Å². The van der Waals surface area contributed by atoms with E-state index in [1.807, 2.05) is 13.8 Å². The van der Waals surface area contributed by atoms with Gasteiger partial charge in [-0.25, -0.2) is 4.39 Å². The van der Waals surface area contributed by atoms with Crippen molar-refractivity contribution in [1.29, 1.82) is 0 Å². The molecule has 4 heteroatoms. The molecule has 0 radical (unpaired) electrons. The molecule has 0 heterocycles. The predicted octanol–water partition coefficient (Wildman–Crippen LogP) is 2.89. The molecule has 0 unspecified atom stereocenters. The Morgan fingerprint density at radius 1 is 1.39 bits per heavy atom. The number of methoxy groups -OCH3 is 1. The van der Waals surface area contributed by atoms with Crippen molar-refractivity contribution < 1.29 is 13.9 Å². The highest BCUT2D eigenvalue weighted by Gasteiger charge is 2.14. The Labute approximate surface area is 107 Å². The Kier molecular flexibility index (Phi) is 5.62. The van der Waals surface area contributed by atoms with E-state index in [0.717, 1.165) is 12.8 Å². The molecule has 3 nitrogen and oxygen atoms in total. The van der Waals surface area contributed by atoms with E-state index < -0.39 is 0 Å². The maximum Gasteiger partial charge on any atom is 0.223 e. The minimum atomic E-state index is -0.331. The molecule has 0 saturated carbocycles. The van der Waals surface area contributed by atoms with Gasteiger partial charge in [-0.05, 0) is 31.0 Å². The number of carbonyl (C=O) groups is 1. The lowest BCUT2D eigenvalue weighted by molar-refractivity contribution is -0.125. The normalized spacial score (nSPS) is 10.5. The number of carbonyl (C=O) groups excluding carboxylic acids is 1. The topological polar surface area (TPSA) is 38.3 Å². The third-order valence-electron chi connectivity index (χ3n) is 3.05. The molecule has 0 aliphatic carbocycles.